The molecule has 1 aliphatic carbocycles. The van der Waals surface area contributed by atoms with Gasteiger partial charge < -0.3 is 10.6 Å². The maximum atomic E-state index is 12.6. The highest BCUT2D eigenvalue weighted by Crippen LogP contribution is 2.33. The van der Waals surface area contributed by atoms with Gasteiger partial charge in [-0.3, -0.25) is 4.72 Å². The van der Waals surface area contributed by atoms with Crippen molar-refractivity contribution in [3.05, 3.63) is 54.1 Å². The van der Waals surface area contributed by atoms with E-state index in [0.29, 0.717) is 17.3 Å². The average molecular weight is 388 g/mol. The van der Waals surface area contributed by atoms with E-state index in [-0.39, 0.29) is 10.9 Å². The van der Waals surface area contributed by atoms with Crippen LogP contribution >= 0.6 is 0 Å². The first kappa shape index (κ1) is 19.2. The number of hydrogen-bond donors (Lipinski definition) is 3. The number of benzene rings is 2. The van der Waals surface area contributed by atoms with Crippen molar-refractivity contribution in [3.8, 4) is 0 Å². The third kappa shape index (κ3) is 5.01. The quantitative estimate of drug-likeness (QED) is 0.715. The molecule has 1 saturated carbocycles. The van der Waals surface area contributed by atoms with E-state index >= 15 is 0 Å². The fourth-order valence-corrected chi connectivity index (χ4v) is 4.44. The third-order valence-electron chi connectivity index (χ3n) is 4.89. The number of amides is 2. The summed E-state index contributed by atoms with van der Waals surface area (Å²) in [6.07, 6.45) is 6.15. The van der Waals surface area contributed by atoms with E-state index in [1.54, 1.807) is 36.4 Å². The number of rotatable bonds is 5. The minimum absolute atomic E-state index is 0.245. The van der Waals surface area contributed by atoms with Gasteiger partial charge in [-0.15, -0.1) is 0 Å². The lowest BCUT2D eigenvalue weighted by Gasteiger charge is -2.22. The molecule has 0 heterocycles. The second-order valence-corrected chi connectivity index (χ2v) is 8.47. The minimum Gasteiger partial charge on any atom is -0.341 e. The first-order chi connectivity index (χ1) is 13.0. The molecule has 3 rings (SSSR count). The molecule has 1 aliphatic rings. The number of nitrogens with one attached hydrogen (secondary N) is 3. The molecule has 2 aromatic rings. The second-order valence-electron chi connectivity index (χ2n) is 6.79. The van der Waals surface area contributed by atoms with Crippen LogP contribution in [0.4, 0.5) is 16.2 Å². The summed E-state index contributed by atoms with van der Waals surface area (Å²) in [5.74, 6) is 0.545. The smallest absolute Gasteiger partial charge is 0.318 e. The van der Waals surface area contributed by atoms with Crippen molar-refractivity contribution < 1.29 is 13.2 Å². The number of sulfonamides is 1. The van der Waals surface area contributed by atoms with E-state index in [0.717, 1.165) is 0 Å². The third-order valence-corrected chi connectivity index (χ3v) is 6.29. The van der Waals surface area contributed by atoms with Crippen LogP contribution in [0.15, 0.2) is 53.4 Å². The minimum atomic E-state index is -3.65. The summed E-state index contributed by atoms with van der Waals surface area (Å²) in [5, 5.41) is 5.08. The maximum absolute atomic E-state index is 12.6. The summed E-state index contributed by atoms with van der Waals surface area (Å²) in [6, 6.07) is 13.4. The summed E-state index contributed by atoms with van der Waals surface area (Å²) in [5.41, 5.74) is 2.24. The Morgan fingerprint density at radius 3 is 2.07 bits per heavy atom. The van der Waals surface area contributed by atoms with Gasteiger partial charge in [-0.05, 0) is 60.7 Å². The summed E-state index contributed by atoms with van der Waals surface area (Å²) in [6.45, 7) is 0. The zero-order valence-corrected chi connectivity index (χ0v) is 16.2. The van der Waals surface area contributed by atoms with Gasteiger partial charge in [0.15, 0.2) is 0 Å². The fourth-order valence-electron chi connectivity index (χ4n) is 3.38. The Balaban J connectivity index is 1.68. The van der Waals surface area contributed by atoms with Crippen molar-refractivity contribution >= 4 is 27.4 Å². The molecule has 144 valence electrons. The van der Waals surface area contributed by atoms with Crippen molar-refractivity contribution in [2.45, 2.75) is 42.9 Å². The van der Waals surface area contributed by atoms with E-state index in [9.17, 15) is 13.2 Å². The molecule has 1 fully saturated rings. The van der Waals surface area contributed by atoms with E-state index in [2.05, 4.69) is 15.4 Å². The zero-order chi connectivity index (χ0) is 19.3. The summed E-state index contributed by atoms with van der Waals surface area (Å²) >= 11 is 0. The first-order valence-corrected chi connectivity index (χ1v) is 10.7. The van der Waals surface area contributed by atoms with Crippen LogP contribution in [-0.4, -0.2) is 21.5 Å². The maximum Gasteiger partial charge on any atom is 0.318 e. The normalized spacial score (nSPS) is 15.1. The van der Waals surface area contributed by atoms with Crippen molar-refractivity contribution in [3.63, 3.8) is 0 Å². The summed E-state index contributed by atoms with van der Waals surface area (Å²) in [7, 11) is -2.13. The van der Waals surface area contributed by atoms with E-state index in [1.807, 2.05) is 12.1 Å². The SMILES string of the molecule is CNC(=O)Nc1ccc(NS(=O)(=O)c2ccc(C3CCCCC3)cc2)cc1. The largest absolute Gasteiger partial charge is 0.341 e. The van der Waals surface area contributed by atoms with Crippen LogP contribution in [-0.2, 0) is 10.0 Å². The van der Waals surface area contributed by atoms with Crippen LogP contribution < -0.4 is 15.4 Å². The molecule has 2 amide bonds. The fraction of sp³-hybridized carbons (Fsp3) is 0.350. The molecule has 0 radical (unpaired) electrons. The molecule has 3 N–H and O–H groups in total. The van der Waals surface area contributed by atoms with Gasteiger partial charge in [0.1, 0.15) is 0 Å². The van der Waals surface area contributed by atoms with Crippen LogP contribution in [0.25, 0.3) is 0 Å². The molecule has 2 aromatic carbocycles. The number of carbonyl (C=O) groups excluding carboxylic acids is 1. The Kier molecular flexibility index (Phi) is 6.01. The first-order valence-electron chi connectivity index (χ1n) is 9.19. The van der Waals surface area contributed by atoms with Crippen LogP contribution in [0.2, 0.25) is 0 Å². The van der Waals surface area contributed by atoms with Crippen molar-refractivity contribution in [1.82, 2.24) is 5.32 Å². The van der Waals surface area contributed by atoms with Gasteiger partial charge >= 0.3 is 6.03 Å². The molecule has 0 saturated heterocycles. The van der Waals surface area contributed by atoms with Crippen molar-refractivity contribution in [2.24, 2.45) is 0 Å². The lowest BCUT2D eigenvalue weighted by atomic mass is 9.84. The van der Waals surface area contributed by atoms with Gasteiger partial charge in [0.2, 0.25) is 0 Å². The van der Waals surface area contributed by atoms with E-state index < -0.39 is 10.0 Å². The standard InChI is InChI=1S/C20H25N3O3S/c1-21-20(24)22-17-9-11-18(12-10-17)23-27(25,26)19-13-7-16(8-14-19)15-5-3-2-4-6-15/h7-15,23H,2-6H2,1H3,(H2,21,22,24). The molecule has 6 nitrogen and oxygen atoms in total. The van der Waals surface area contributed by atoms with Gasteiger partial charge in [0.05, 0.1) is 4.90 Å². The molecule has 0 aromatic heterocycles. The number of hydrogen-bond acceptors (Lipinski definition) is 3. The highest BCUT2D eigenvalue weighted by molar-refractivity contribution is 7.92. The molecular weight excluding hydrogens is 362 g/mol. The zero-order valence-electron chi connectivity index (χ0n) is 15.4. The van der Waals surface area contributed by atoms with Crippen LogP contribution in [0.1, 0.15) is 43.6 Å². The Morgan fingerprint density at radius 2 is 1.48 bits per heavy atom. The number of urea groups is 1. The highest BCUT2D eigenvalue weighted by atomic mass is 32.2. The Morgan fingerprint density at radius 1 is 0.889 bits per heavy atom. The lowest BCUT2D eigenvalue weighted by molar-refractivity contribution is 0.254. The Labute approximate surface area is 160 Å². The molecular formula is C20H25N3O3S. The monoisotopic (exact) mass is 387 g/mol. The van der Waals surface area contributed by atoms with Gasteiger partial charge in [0.25, 0.3) is 10.0 Å². The average Bonchev–Trinajstić information content (AvgIpc) is 2.70. The Bertz CT molecular complexity index is 872. The lowest BCUT2D eigenvalue weighted by Crippen LogP contribution is -2.24. The molecule has 27 heavy (non-hydrogen) atoms. The predicted molar refractivity (Wildman–Crippen MR) is 108 cm³/mol. The molecule has 0 aliphatic heterocycles. The molecule has 0 unspecified atom stereocenters. The predicted octanol–water partition coefficient (Wildman–Crippen LogP) is 4.29. The highest BCUT2D eigenvalue weighted by Gasteiger charge is 2.18. The van der Waals surface area contributed by atoms with Gasteiger partial charge in [-0.2, -0.15) is 0 Å². The topological polar surface area (TPSA) is 87.3 Å². The summed E-state index contributed by atoms with van der Waals surface area (Å²) in [4.78, 5) is 11.5. The summed E-state index contributed by atoms with van der Waals surface area (Å²) < 4.78 is 27.8. The number of anilines is 2. The van der Waals surface area contributed by atoms with Crippen LogP contribution in [0.5, 0.6) is 0 Å². The molecule has 0 spiro atoms. The Hall–Kier alpha value is -2.54. The van der Waals surface area contributed by atoms with Crippen molar-refractivity contribution in [1.29, 1.82) is 0 Å². The van der Waals surface area contributed by atoms with Crippen LogP contribution in [0, 0.1) is 0 Å². The van der Waals surface area contributed by atoms with E-state index in [4.69, 9.17) is 0 Å². The van der Waals surface area contributed by atoms with Crippen molar-refractivity contribution in [2.75, 3.05) is 17.1 Å². The van der Waals surface area contributed by atoms with Gasteiger partial charge in [-0.25, -0.2) is 13.2 Å². The van der Waals surface area contributed by atoms with Gasteiger partial charge in [0, 0.05) is 18.4 Å². The molecule has 7 heteroatoms. The van der Waals surface area contributed by atoms with E-state index in [1.165, 1.54) is 44.7 Å². The molecule has 0 atom stereocenters. The number of carbonyl (C=O) groups is 1. The molecule has 0 bridgehead atoms. The second kappa shape index (κ2) is 8.43. The van der Waals surface area contributed by atoms with Crippen LogP contribution in [0.3, 0.4) is 0 Å². The van der Waals surface area contributed by atoms with Gasteiger partial charge in [-0.1, -0.05) is 31.4 Å².